The molecule has 3 amide bonds. The predicted octanol–water partition coefficient (Wildman–Crippen LogP) is 4.14. The van der Waals surface area contributed by atoms with Gasteiger partial charge in [0, 0.05) is 29.0 Å². The fraction of sp³-hybridized carbons (Fsp3) is 0.263. The van der Waals surface area contributed by atoms with E-state index in [4.69, 9.17) is 4.74 Å². The fourth-order valence-corrected chi connectivity index (χ4v) is 3.12. The highest BCUT2D eigenvalue weighted by atomic mass is 79.9. The number of nitrogens with one attached hydrogen (secondary N) is 3. The molecule has 8 heteroatoms. The number of urea groups is 1. The maximum Gasteiger partial charge on any atom is 0.319 e. The highest BCUT2D eigenvalue weighted by Crippen LogP contribution is 2.20. The summed E-state index contributed by atoms with van der Waals surface area (Å²) in [5.74, 6) is -0.923. The van der Waals surface area contributed by atoms with E-state index in [1.165, 1.54) is 12.1 Å². The van der Waals surface area contributed by atoms with Gasteiger partial charge in [0.05, 0.1) is 11.7 Å². The molecule has 1 fully saturated rings. The summed E-state index contributed by atoms with van der Waals surface area (Å²) in [6.45, 7) is 1.22. The predicted molar refractivity (Wildman–Crippen MR) is 104 cm³/mol. The molecule has 3 N–H and O–H groups in total. The molecule has 3 rings (SSSR count). The van der Waals surface area contributed by atoms with E-state index in [9.17, 15) is 14.0 Å². The van der Waals surface area contributed by atoms with Crippen LogP contribution in [0.15, 0.2) is 46.9 Å². The van der Waals surface area contributed by atoms with Crippen molar-refractivity contribution in [3.63, 3.8) is 0 Å². The average molecular weight is 436 g/mol. The lowest BCUT2D eigenvalue weighted by atomic mass is 10.2. The second kappa shape index (κ2) is 8.96. The molecule has 1 heterocycles. The van der Waals surface area contributed by atoms with Crippen molar-refractivity contribution in [2.75, 3.05) is 23.8 Å². The Balaban J connectivity index is 1.52. The zero-order valence-electron chi connectivity index (χ0n) is 14.4. The molecule has 0 radical (unpaired) electrons. The molecule has 0 spiro atoms. The van der Waals surface area contributed by atoms with Crippen LogP contribution in [0.4, 0.5) is 20.6 Å². The van der Waals surface area contributed by atoms with E-state index < -0.39 is 11.7 Å². The monoisotopic (exact) mass is 435 g/mol. The number of carbonyl (C=O) groups excluding carboxylic acids is 2. The molecular weight excluding hydrogens is 417 g/mol. The van der Waals surface area contributed by atoms with Crippen molar-refractivity contribution in [3.05, 3.63) is 58.3 Å². The van der Waals surface area contributed by atoms with E-state index in [0.29, 0.717) is 22.4 Å². The van der Waals surface area contributed by atoms with Crippen LogP contribution in [-0.2, 0) is 4.74 Å². The normalized spacial score (nSPS) is 16.0. The first-order valence-electron chi connectivity index (χ1n) is 8.54. The standard InChI is InChI=1S/C19H19BrFN3O3/c20-17-8-3-12(21)10-16(17)18(25)23-13-4-6-14(7-5-13)24-19(26)22-11-15-2-1-9-27-15/h3-8,10,15H,1-2,9,11H2,(H,23,25)(H2,22,24,26). The Morgan fingerprint density at radius 2 is 1.81 bits per heavy atom. The fourth-order valence-electron chi connectivity index (χ4n) is 2.69. The maximum absolute atomic E-state index is 13.3. The molecule has 1 unspecified atom stereocenters. The van der Waals surface area contributed by atoms with Crippen LogP contribution in [0.25, 0.3) is 0 Å². The molecule has 2 aromatic carbocycles. The number of halogens is 2. The van der Waals surface area contributed by atoms with Gasteiger partial charge in [-0.25, -0.2) is 9.18 Å². The third-order valence-corrected chi connectivity index (χ3v) is 4.78. The first kappa shape index (κ1) is 19.3. The number of benzene rings is 2. The molecule has 1 saturated heterocycles. The molecule has 0 saturated carbocycles. The van der Waals surface area contributed by atoms with Crippen LogP contribution in [0.1, 0.15) is 23.2 Å². The lowest BCUT2D eigenvalue weighted by Gasteiger charge is -2.12. The SMILES string of the molecule is O=C(NCC1CCCO1)Nc1ccc(NC(=O)c2cc(F)ccc2Br)cc1. The zero-order valence-corrected chi connectivity index (χ0v) is 16.0. The van der Waals surface area contributed by atoms with E-state index in [0.717, 1.165) is 25.5 Å². The molecule has 142 valence electrons. The molecule has 0 bridgehead atoms. The largest absolute Gasteiger partial charge is 0.376 e. The summed E-state index contributed by atoms with van der Waals surface area (Å²) in [5.41, 5.74) is 1.32. The van der Waals surface area contributed by atoms with Crippen molar-refractivity contribution < 1.29 is 18.7 Å². The van der Waals surface area contributed by atoms with Crippen molar-refractivity contribution >= 4 is 39.2 Å². The van der Waals surface area contributed by atoms with Crippen LogP contribution in [-0.4, -0.2) is 31.2 Å². The maximum atomic E-state index is 13.3. The number of rotatable bonds is 5. The van der Waals surface area contributed by atoms with Crippen molar-refractivity contribution in [3.8, 4) is 0 Å². The second-order valence-electron chi connectivity index (χ2n) is 6.13. The molecule has 0 aliphatic carbocycles. The zero-order chi connectivity index (χ0) is 19.2. The lowest BCUT2D eigenvalue weighted by molar-refractivity contribution is 0.102. The summed E-state index contributed by atoms with van der Waals surface area (Å²) in [4.78, 5) is 24.2. The number of hydrogen-bond donors (Lipinski definition) is 3. The minimum atomic E-state index is -0.489. The number of hydrogen-bond acceptors (Lipinski definition) is 3. The Morgan fingerprint density at radius 1 is 1.11 bits per heavy atom. The third-order valence-electron chi connectivity index (χ3n) is 4.09. The van der Waals surface area contributed by atoms with Gasteiger partial charge in [-0.1, -0.05) is 0 Å². The van der Waals surface area contributed by atoms with Gasteiger partial charge in [0.1, 0.15) is 5.82 Å². The summed E-state index contributed by atoms with van der Waals surface area (Å²) in [6.07, 6.45) is 2.05. The minimum absolute atomic E-state index is 0.0792. The Kier molecular flexibility index (Phi) is 6.41. The van der Waals surface area contributed by atoms with Gasteiger partial charge in [-0.15, -0.1) is 0 Å². The lowest BCUT2D eigenvalue weighted by Crippen LogP contribution is -2.35. The average Bonchev–Trinajstić information content (AvgIpc) is 3.17. The Hall–Kier alpha value is -2.45. The smallest absolute Gasteiger partial charge is 0.319 e. The molecule has 27 heavy (non-hydrogen) atoms. The third kappa shape index (κ3) is 5.51. The van der Waals surface area contributed by atoms with Crippen LogP contribution in [0.5, 0.6) is 0 Å². The summed E-state index contributed by atoms with van der Waals surface area (Å²) in [5, 5.41) is 8.18. The number of ether oxygens (including phenoxy) is 1. The Bertz CT molecular complexity index is 823. The summed E-state index contributed by atoms with van der Waals surface area (Å²) >= 11 is 3.23. The first-order valence-corrected chi connectivity index (χ1v) is 9.33. The molecule has 2 aromatic rings. The van der Waals surface area contributed by atoms with Gasteiger partial charge in [0.15, 0.2) is 0 Å². The van der Waals surface area contributed by atoms with E-state index >= 15 is 0 Å². The van der Waals surface area contributed by atoms with E-state index in [-0.39, 0.29) is 17.7 Å². The molecule has 1 aliphatic rings. The van der Waals surface area contributed by atoms with Crippen molar-refractivity contribution in [2.45, 2.75) is 18.9 Å². The second-order valence-corrected chi connectivity index (χ2v) is 6.98. The van der Waals surface area contributed by atoms with Gasteiger partial charge in [-0.2, -0.15) is 0 Å². The Morgan fingerprint density at radius 3 is 2.48 bits per heavy atom. The summed E-state index contributed by atoms with van der Waals surface area (Å²) in [6, 6.07) is 10.2. The number of anilines is 2. The van der Waals surface area contributed by atoms with Crippen LogP contribution in [0, 0.1) is 5.82 Å². The van der Waals surface area contributed by atoms with Gasteiger partial charge in [0.25, 0.3) is 5.91 Å². The van der Waals surface area contributed by atoms with Crippen LogP contribution in [0.2, 0.25) is 0 Å². The first-order chi connectivity index (χ1) is 13.0. The van der Waals surface area contributed by atoms with Gasteiger partial charge in [-0.05, 0) is 71.2 Å². The molecule has 0 aromatic heterocycles. The topological polar surface area (TPSA) is 79.5 Å². The van der Waals surface area contributed by atoms with Crippen LogP contribution in [0.3, 0.4) is 0 Å². The van der Waals surface area contributed by atoms with Gasteiger partial charge in [-0.3, -0.25) is 4.79 Å². The van der Waals surface area contributed by atoms with Crippen molar-refractivity contribution in [1.82, 2.24) is 5.32 Å². The Labute approximate surface area is 164 Å². The van der Waals surface area contributed by atoms with Crippen LogP contribution < -0.4 is 16.0 Å². The summed E-state index contributed by atoms with van der Waals surface area (Å²) < 4.78 is 19.3. The molecule has 1 aliphatic heterocycles. The van der Waals surface area contributed by atoms with Crippen molar-refractivity contribution in [2.24, 2.45) is 0 Å². The van der Waals surface area contributed by atoms with Crippen molar-refractivity contribution in [1.29, 1.82) is 0 Å². The molecular formula is C19H19BrFN3O3. The van der Waals surface area contributed by atoms with Gasteiger partial charge < -0.3 is 20.7 Å². The summed E-state index contributed by atoms with van der Waals surface area (Å²) in [7, 11) is 0. The van der Waals surface area contributed by atoms with E-state index in [2.05, 4.69) is 31.9 Å². The van der Waals surface area contributed by atoms with E-state index in [1.807, 2.05) is 0 Å². The molecule has 1 atom stereocenters. The van der Waals surface area contributed by atoms with Crippen LogP contribution >= 0.6 is 15.9 Å². The van der Waals surface area contributed by atoms with Gasteiger partial charge in [0.2, 0.25) is 0 Å². The minimum Gasteiger partial charge on any atom is -0.376 e. The number of carbonyl (C=O) groups is 2. The highest BCUT2D eigenvalue weighted by Gasteiger charge is 2.16. The van der Waals surface area contributed by atoms with Gasteiger partial charge >= 0.3 is 6.03 Å². The highest BCUT2D eigenvalue weighted by molar-refractivity contribution is 9.10. The van der Waals surface area contributed by atoms with E-state index in [1.54, 1.807) is 24.3 Å². The quantitative estimate of drug-likeness (QED) is 0.659. The number of amides is 3. The molecule has 6 nitrogen and oxygen atoms in total.